The van der Waals surface area contributed by atoms with Gasteiger partial charge in [0.1, 0.15) is 6.61 Å². The standard InChI is InChI=1S/C18H14N2O4/c21-18(17-10-22-14-6-1-2-7-15(14)24-17)20-13-5-3-4-12(8-13)16-9-19-11-23-16/h1-9,11,17H,10H2,(H,20,21)/t17-/m0/s1. The molecule has 0 saturated carbocycles. The van der Waals surface area contributed by atoms with Crippen LogP contribution in [0.2, 0.25) is 0 Å². The van der Waals surface area contributed by atoms with Crippen LogP contribution in [0.5, 0.6) is 11.5 Å². The number of hydrogen-bond acceptors (Lipinski definition) is 5. The zero-order valence-corrected chi connectivity index (χ0v) is 12.6. The third-order valence-electron chi connectivity index (χ3n) is 3.65. The average Bonchev–Trinajstić information content (AvgIpc) is 3.16. The molecule has 1 aromatic heterocycles. The maximum Gasteiger partial charge on any atom is 0.269 e. The number of rotatable bonds is 3. The van der Waals surface area contributed by atoms with E-state index in [9.17, 15) is 4.79 Å². The highest BCUT2D eigenvalue weighted by molar-refractivity contribution is 5.95. The van der Waals surface area contributed by atoms with Crippen molar-refractivity contribution in [3.8, 4) is 22.8 Å². The lowest BCUT2D eigenvalue weighted by Gasteiger charge is -2.25. The van der Waals surface area contributed by atoms with Gasteiger partial charge >= 0.3 is 0 Å². The first kappa shape index (κ1) is 14.3. The van der Waals surface area contributed by atoms with E-state index in [0.29, 0.717) is 22.9 Å². The zero-order valence-electron chi connectivity index (χ0n) is 12.6. The van der Waals surface area contributed by atoms with E-state index in [4.69, 9.17) is 13.9 Å². The molecule has 0 saturated heterocycles. The second-order valence-electron chi connectivity index (χ2n) is 5.30. The number of ether oxygens (including phenoxy) is 2. The molecule has 6 nitrogen and oxygen atoms in total. The molecule has 2 heterocycles. The van der Waals surface area contributed by atoms with E-state index in [2.05, 4.69) is 10.3 Å². The molecule has 1 atom stereocenters. The van der Waals surface area contributed by atoms with Crippen LogP contribution in [0.4, 0.5) is 5.69 Å². The minimum Gasteiger partial charge on any atom is -0.485 e. The minimum absolute atomic E-state index is 0.171. The Hall–Kier alpha value is -3.28. The number of nitrogens with zero attached hydrogens (tertiary/aromatic N) is 1. The molecule has 0 bridgehead atoms. The van der Waals surface area contributed by atoms with E-state index in [0.717, 1.165) is 5.56 Å². The Morgan fingerprint density at radius 1 is 1.12 bits per heavy atom. The predicted molar refractivity (Wildman–Crippen MR) is 86.9 cm³/mol. The minimum atomic E-state index is -0.700. The molecule has 3 aromatic rings. The summed E-state index contributed by atoms with van der Waals surface area (Å²) in [5.41, 5.74) is 1.48. The number of para-hydroxylation sites is 2. The van der Waals surface area contributed by atoms with Gasteiger partial charge in [-0.3, -0.25) is 4.79 Å². The largest absolute Gasteiger partial charge is 0.485 e. The van der Waals surface area contributed by atoms with Crippen molar-refractivity contribution >= 4 is 11.6 Å². The van der Waals surface area contributed by atoms with Crippen LogP contribution in [-0.2, 0) is 4.79 Å². The third-order valence-corrected chi connectivity index (χ3v) is 3.65. The molecule has 2 aromatic carbocycles. The van der Waals surface area contributed by atoms with Crippen molar-refractivity contribution in [2.24, 2.45) is 0 Å². The fourth-order valence-corrected chi connectivity index (χ4v) is 2.48. The summed E-state index contributed by atoms with van der Waals surface area (Å²) in [6.07, 6.45) is 2.29. The summed E-state index contributed by atoms with van der Waals surface area (Å²) in [7, 11) is 0. The molecule has 6 heteroatoms. The Kier molecular flexibility index (Phi) is 3.63. The number of oxazole rings is 1. The fraction of sp³-hybridized carbons (Fsp3) is 0.111. The Morgan fingerprint density at radius 2 is 2.00 bits per heavy atom. The van der Waals surface area contributed by atoms with E-state index < -0.39 is 6.10 Å². The van der Waals surface area contributed by atoms with Gasteiger partial charge in [-0.15, -0.1) is 0 Å². The van der Waals surface area contributed by atoms with Crippen molar-refractivity contribution in [3.05, 3.63) is 61.1 Å². The van der Waals surface area contributed by atoms with Crippen LogP contribution < -0.4 is 14.8 Å². The second kappa shape index (κ2) is 6.08. The molecule has 1 aliphatic heterocycles. The summed E-state index contributed by atoms with van der Waals surface area (Å²) in [6, 6.07) is 14.6. The smallest absolute Gasteiger partial charge is 0.269 e. The highest BCUT2D eigenvalue weighted by Gasteiger charge is 2.27. The summed E-state index contributed by atoms with van der Waals surface area (Å²) >= 11 is 0. The number of hydrogen-bond donors (Lipinski definition) is 1. The predicted octanol–water partition coefficient (Wildman–Crippen LogP) is 3.12. The van der Waals surface area contributed by atoms with Gasteiger partial charge in [0.2, 0.25) is 6.10 Å². The molecule has 0 unspecified atom stereocenters. The van der Waals surface area contributed by atoms with Crippen LogP contribution in [-0.4, -0.2) is 23.6 Å². The van der Waals surface area contributed by atoms with Crippen molar-refractivity contribution in [2.45, 2.75) is 6.10 Å². The van der Waals surface area contributed by atoms with E-state index in [1.54, 1.807) is 18.3 Å². The summed E-state index contributed by atoms with van der Waals surface area (Å²) in [5.74, 6) is 1.59. The average molecular weight is 322 g/mol. The van der Waals surface area contributed by atoms with Crippen LogP contribution in [0.25, 0.3) is 11.3 Å². The number of aromatic nitrogens is 1. The Labute approximate surface area is 138 Å². The third kappa shape index (κ3) is 2.81. The lowest BCUT2D eigenvalue weighted by atomic mass is 10.1. The van der Waals surface area contributed by atoms with E-state index in [1.807, 2.05) is 36.4 Å². The van der Waals surface area contributed by atoms with Gasteiger partial charge < -0.3 is 19.2 Å². The number of carbonyl (C=O) groups excluding carboxylic acids is 1. The van der Waals surface area contributed by atoms with Gasteiger partial charge in [0.15, 0.2) is 23.7 Å². The van der Waals surface area contributed by atoms with Crippen molar-refractivity contribution in [3.63, 3.8) is 0 Å². The molecule has 1 N–H and O–H groups in total. The van der Waals surface area contributed by atoms with E-state index in [-0.39, 0.29) is 12.5 Å². The number of fused-ring (bicyclic) bond motifs is 1. The van der Waals surface area contributed by atoms with E-state index >= 15 is 0 Å². The highest BCUT2D eigenvalue weighted by atomic mass is 16.6. The van der Waals surface area contributed by atoms with Gasteiger partial charge in [-0.1, -0.05) is 24.3 Å². The summed E-state index contributed by atoms with van der Waals surface area (Å²) in [4.78, 5) is 16.3. The highest BCUT2D eigenvalue weighted by Crippen LogP contribution is 2.31. The van der Waals surface area contributed by atoms with Crippen LogP contribution in [0.15, 0.2) is 65.5 Å². The Morgan fingerprint density at radius 3 is 2.83 bits per heavy atom. The topological polar surface area (TPSA) is 73.6 Å². The molecule has 1 aliphatic rings. The number of carbonyl (C=O) groups is 1. The van der Waals surface area contributed by atoms with Gasteiger partial charge in [0, 0.05) is 11.3 Å². The molecule has 1 amide bonds. The molecule has 0 aliphatic carbocycles. The van der Waals surface area contributed by atoms with E-state index in [1.165, 1.54) is 6.39 Å². The first-order valence-corrected chi connectivity index (χ1v) is 7.48. The first-order chi connectivity index (χ1) is 11.8. The monoisotopic (exact) mass is 322 g/mol. The van der Waals surface area contributed by atoms with Crippen molar-refractivity contribution < 1.29 is 18.7 Å². The zero-order chi connectivity index (χ0) is 16.4. The maximum absolute atomic E-state index is 12.4. The van der Waals surface area contributed by atoms with Gasteiger partial charge in [0.05, 0.1) is 6.20 Å². The summed E-state index contributed by atoms with van der Waals surface area (Å²) < 4.78 is 16.5. The SMILES string of the molecule is O=C(Nc1cccc(-c2cnco2)c1)[C@@H]1COc2ccccc2O1. The van der Waals surface area contributed by atoms with Crippen LogP contribution in [0.1, 0.15) is 0 Å². The molecule has 0 fully saturated rings. The van der Waals surface area contributed by atoms with Gasteiger partial charge in [0.25, 0.3) is 5.91 Å². The lowest BCUT2D eigenvalue weighted by molar-refractivity contribution is -0.125. The van der Waals surface area contributed by atoms with Crippen LogP contribution in [0, 0.1) is 0 Å². The molecule has 24 heavy (non-hydrogen) atoms. The summed E-state index contributed by atoms with van der Waals surface area (Å²) in [6.45, 7) is 0.171. The molecule has 0 radical (unpaired) electrons. The lowest BCUT2D eigenvalue weighted by Crippen LogP contribution is -2.40. The Bertz CT molecular complexity index is 861. The quantitative estimate of drug-likeness (QED) is 0.802. The molecule has 4 rings (SSSR count). The second-order valence-corrected chi connectivity index (χ2v) is 5.30. The fourth-order valence-electron chi connectivity index (χ4n) is 2.48. The molecule has 0 spiro atoms. The van der Waals surface area contributed by atoms with Crippen LogP contribution >= 0.6 is 0 Å². The van der Waals surface area contributed by atoms with Gasteiger partial charge in [-0.2, -0.15) is 0 Å². The number of anilines is 1. The van der Waals surface area contributed by atoms with Crippen molar-refractivity contribution in [2.75, 3.05) is 11.9 Å². The number of amides is 1. The number of benzene rings is 2. The van der Waals surface area contributed by atoms with Crippen LogP contribution in [0.3, 0.4) is 0 Å². The first-order valence-electron chi connectivity index (χ1n) is 7.48. The molecular weight excluding hydrogens is 308 g/mol. The van der Waals surface area contributed by atoms with Gasteiger partial charge in [-0.25, -0.2) is 4.98 Å². The van der Waals surface area contributed by atoms with Gasteiger partial charge in [-0.05, 0) is 24.3 Å². The van der Waals surface area contributed by atoms with Crippen molar-refractivity contribution in [1.82, 2.24) is 4.98 Å². The maximum atomic E-state index is 12.4. The molecular formula is C18H14N2O4. The Balaban J connectivity index is 1.48. The van der Waals surface area contributed by atoms with Crippen molar-refractivity contribution in [1.29, 1.82) is 0 Å². The normalized spacial score (nSPS) is 15.8. The molecule has 120 valence electrons. The number of nitrogens with one attached hydrogen (secondary N) is 1. The summed E-state index contributed by atoms with van der Waals surface area (Å²) in [5, 5.41) is 2.84.